The third-order valence-corrected chi connectivity index (χ3v) is 5.81. The summed E-state index contributed by atoms with van der Waals surface area (Å²) < 4.78 is 62.0. The van der Waals surface area contributed by atoms with Gasteiger partial charge in [-0.2, -0.15) is 21.6 Å². The highest BCUT2D eigenvalue weighted by Gasteiger charge is 2.46. The van der Waals surface area contributed by atoms with Crippen LogP contribution in [0.15, 0.2) is 78.9 Å². The van der Waals surface area contributed by atoms with E-state index < -0.39 is 15.5 Å². The standard InChI is InChI=1S/C23H16F3NO2S/c24-23(25,26)30(28,29)27-21-12-13-22-18(6-3-7-20(22)15-21)11-9-16-8-10-17-4-1-2-5-19(17)14-16/h1-15,27H/b11-9+. The van der Waals surface area contributed by atoms with E-state index in [0.29, 0.717) is 5.39 Å². The van der Waals surface area contributed by atoms with Gasteiger partial charge in [-0.25, -0.2) is 0 Å². The topological polar surface area (TPSA) is 46.2 Å². The summed E-state index contributed by atoms with van der Waals surface area (Å²) in [7, 11) is -5.46. The van der Waals surface area contributed by atoms with Crippen LogP contribution in [-0.4, -0.2) is 13.9 Å². The lowest BCUT2D eigenvalue weighted by Crippen LogP contribution is -2.29. The maximum Gasteiger partial charge on any atom is 0.516 e. The molecule has 3 nitrogen and oxygen atoms in total. The van der Waals surface area contributed by atoms with Crippen molar-refractivity contribution in [2.24, 2.45) is 0 Å². The van der Waals surface area contributed by atoms with Crippen LogP contribution in [0.1, 0.15) is 11.1 Å². The normalized spacial score (nSPS) is 12.6. The van der Waals surface area contributed by atoms with Gasteiger partial charge in [-0.15, -0.1) is 0 Å². The molecule has 0 radical (unpaired) electrons. The molecule has 1 N–H and O–H groups in total. The van der Waals surface area contributed by atoms with Crippen molar-refractivity contribution in [2.75, 3.05) is 4.72 Å². The number of halogens is 3. The molecule has 0 bridgehead atoms. The molecule has 0 unspecified atom stereocenters. The van der Waals surface area contributed by atoms with Crippen LogP contribution in [0.5, 0.6) is 0 Å². The van der Waals surface area contributed by atoms with Gasteiger partial charge in [-0.3, -0.25) is 4.72 Å². The molecule has 7 heteroatoms. The Morgan fingerprint density at radius 1 is 0.733 bits per heavy atom. The third-order valence-electron chi connectivity index (χ3n) is 4.70. The lowest BCUT2D eigenvalue weighted by Gasteiger charge is -2.11. The van der Waals surface area contributed by atoms with Crippen LogP contribution < -0.4 is 4.72 Å². The lowest BCUT2D eigenvalue weighted by molar-refractivity contribution is -0.0429. The molecule has 4 aromatic carbocycles. The fourth-order valence-corrected chi connectivity index (χ4v) is 3.78. The van der Waals surface area contributed by atoms with Crippen LogP contribution in [0.3, 0.4) is 0 Å². The Kier molecular flexibility index (Phi) is 4.99. The van der Waals surface area contributed by atoms with Gasteiger partial charge in [0.25, 0.3) is 0 Å². The molecule has 0 saturated carbocycles. The zero-order valence-corrected chi connectivity index (χ0v) is 16.3. The van der Waals surface area contributed by atoms with E-state index in [9.17, 15) is 21.6 Å². The zero-order valence-electron chi connectivity index (χ0n) is 15.5. The number of benzene rings is 4. The number of alkyl halides is 3. The predicted octanol–water partition coefficient (Wildman–Crippen LogP) is 6.42. The first-order chi connectivity index (χ1) is 14.2. The molecule has 30 heavy (non-hydrogen) atoms. The van der Waals surface area contributed by atoms with Gasteiger partial charge in [0, 0.05) is 5.69 Å². The zero-order chi connectivity index (χ0) is 21.4. The summed E-state index contributed by atoms with van der Waals surface area (Å²) in [4.78, 5) is 0. The van der Waals surface area contributed by atoms with Crippen molar-refractivity contribution in [1.82, 2.24) is 0 Å². The molecule has 0 amide bonds. The molecular weight excluding hydrogens is 411 g/mol. The van der Waals surface area contributed by atoms with Crippen LogP contribution in [0.4, 0.5) is 18.9 Å². The van der Waals surface area contributed by atoms with Gasteiger partial charge in [-0.1, -0.05) is 72.8 Å². The molecule has 0 saturated heterocycles. The SMILES string of the molecule is O=S(=O)(Nc1ccc2c(/C=C/c3ccc4ccccc4c3)cccc2c1)C(F)(F)F. The summed E-state index contributed by atoms with van der Waals surface area (Å²) in [6.07, 6.45) is 3.88. The maximum absolute atomic E-state index is 12.6. The minimum atomic E-state index is -5.46. The second kappa shape index (κ2) is 7.50. The monoisotopic (exact) mass is 427 g/mol. The number of rotatable bonds is 4. The Hall–Kier alpha value is -3.32. The Morgan fingerprint density at radius 2 is 1.47 bits per heavy atom. The van der Waals surface area contributed by atoms with Crippen LogP contribution in [0.25, 0.3) is 33.7 Å². The van der Waals surface area contributed by atoms with E-state index in [0.717, 1.165) is 27.3 Å². The molecule has 0 aliphatic carbocycles. The molecule has 0 fully saturated rings. The number of anilines is 1. The van der Waals surface area contributed by atoms with Crippen molar-refractivity contribution in [3.05, 3.63) is 90.0 Å². The van der Waals surface area contributed by atoms with Gasteiger partial charge in [0.1, 0.15) is 0 Å². The molecular formula is C23H16F3NO2S. The first kappa shape index (κ1) is 20.0. The molecule has 0 aliphatic rings. The largest absolute Gasteiger partial charge is 0.516 e. The van der Waals surface area contributed by atoms with Gasteiger partial charge in [0.2, 0.25) is 0 Å². The van der Waals surface area contributed by atoms with E-state index in [1.165, 1.54) is 12.1 Å². The number of hydrogen-bond donors (Lipinski definition) is 1. The molecule has 0 atom stereocenters. The smallest absolute Gasteiger partial charge is 0.276 e. The number of nitrogens with one attached hydrogen (secondary N) is 1. The summed E-state index contributed by atoms with van der Waals surface area (Å²) in [6, 6.07) is 23.8. The quantitative estimate of drug-likeness (QED) is 0.382. The molecule has 0 spiro atoms. The minimum absolute atomic E-state index is 0.143. The maximum atomic E-state index is 12.6. The van der Waals surface area contributed by atoms with Crippen LogP contribution in [-0.2, 0) is 10.0 Å². The molecule has 0 aliphatic heterocycles. The van der Waals surface area contributed by atoms with Crippen molar-refractivity contribution in [3.8, 4) is 0 Å². The van der Waals surface area contributed by atoms with Crippen LogP contribution in [0, 0.1) is 0 Å². The Morgan fingerprint density at radius 3 is 2.23 bits per heavy atom. The second-order valence-electron chi connectivity index (χ2n) is 6.77. The average Bonchev–Trinajstić information content (AvgIpc) is 2.70. The van der Waals surface area contributed by atoms with Crippen molar-refractivity contribution in [3.63, 3.8) is 0 Å². The predicted molar refractivity (Wildman–Crippen MR) is 115 cm³/mol. The van der Waals surface area contributed by atoms with Crippen molar-refractivity contribution >= 4 is 49.4 Å². The van der Waals surface area contributed by atoms with Gasteiger partial charge in [-0.05, 0) is 50.9 Å². The third kappa shape index (κ3) is 4.02. The first-order valence-electron chi connectivity index (χ1n) is 9.02. The minimum Gasteiger partial charge on any atom is -0.276 e. The molecule has 4 rings (SSSR count). The van der Waals surface area contributed by atoms with E-state index in [4.69, 9.17) is 0 Å². The lowest BCUT2D eigenvalue weighted by atomic mass is 10.0. The van der Waals surface area contributed by atoms with Gasteiger partial charge in [0.15, 0.2) is 0 Å². The van der Waals surface area contributed by atoms with Gasteiger partial charge < -0.3 is 0 Å². The van der Waals surface area contributed by atoms with Crippen molar-refractivity contribution in [2.45, 2.75) is 5.51 Å². The van der Waals surface area contributed by atoms with Gasteiger partial charge >= 0.3 is 15.5 Å². The van der Waals surface area contributed by atoms with E-state index in [1.807, 2.05) is 54.6 Å². The summed E-state index contributed by atoms with van der Waals surface area (Å²) >= 11 is 0. The summed E-state index contributed by atoms with van der Waals surface area (Å²) in [6.45, 7) is 0. The Labute approximate surface area is 171 Å². The van der Waals surface area contributed by atoms with E-state index in [1.54, 1.807) is 22.9 Å². The highest BCUT2D eigenvalue weighted by molar-refractivity contribution is 7.93. The molecule has 152 valence electrons. The first-order valence-corrected chi connectivity index (χ1v) is 10.5. The fourth-order valence-electron chi connectivity index (χ4n) is 3.23. The van der Waals surface area contributed by atoms with E-state index in [-0.39, 0.29) is 5.69 Å². The Balaban J connectivity index is 1.65. The Bertz CT molecular complexity index is 1380. The molecule has 0 heterocycles. The van der Waals surface area contributed by atoms with Gasteiger partial charge in [0.05, 0.1) is 0 Å². The van der Waals surface area contributed by atoms with Crippen molar-refractivity contribution in [1.29, 1.82) is 0 Å². The van der Waals surface area contributed by atoms with Crippen LogP contribution >= 0.6 is 0 Å². The second-order valence-corrected chi connectivity index (χ2v) is 8.45. The van der Waals surface area contributed by atoms with Crippen molar-refractivity contribution < 1.29 is 21.6 Å². The molecule has 4 aromatic rings. The number of sulfonamides is 1. The number of hydrogen-bond acceptors (Lipinski definition) is 2. The van der Waals surface area contributed by atoms with E-state index in [2.05, 4.69) is 6.07 Å². The highest BCUT2D eigenvalue weighted by Crippen LogP contribution is 2.29. The van der Waals surface area contributed by atoms with E-state index >= 15 is 0 Å². The summed E-state index contributed by atoms with van der Waals surface area (Å²) in [5.41, 5.74) is -3.63. The summed E-state index contributed by atoms with van der Waals surface area (Å²) in [5.74, 6) is 0. The fraction of sp³-hybridized carbons (Fsp3) is 0.0435. The number of fused-ring (bicyclic) bond motifs is 2. The molecule has 0 aromatic heterocycles. The van der Waals surface area contributed by atoms with Crippen LogP contribution in [0.2, 0.25) is 0 Å². The average molecular weight is 427 g/mol. The summed E-state index contributed by atoms with van der Waals surface area (Å²) in [5, 5.41) is 3.69. The highest BCUT2D eigenvalue weighted by atomic mass is 32.2.